The lowest BCUT2D eigenvalue weighted by molar-refractivity contribution is -0.138. The number of hydrogen-bond donors (Lipinski definition) is 1. The van der Waals surface area contributed by atoms with Crippen molar-refractivity contribution in [3.05, 3.63) is 24.3 Å². The normalized spacial score (nSPS) is 12.5. The van der Waals surface area contributed by atoms with Gasteiger partial charge in [-0.2, -0.15) is 0 Å². The SMILES string of the molecule is CC(C(=O)O)c1ccncn1. The minimum absolute atomic E-state index is 0.535. The van der Waals surface area contributed by atoms with E-state index >= 15 is 0 Å². The molecule has 1 N–H and O–H groups in total. The van der Waals surface area contributed by atoms with E-state index in [1.54, 1.807) is 13.0 Å². The standard InChI is InChI=1S/C7H8N2O2/c1-5(7(10)11)6-2-3-8-4-9-6/h2-5H,1H3,(H,10,11). The van der Waals surface area contributed by atoms with Gasteiger partial charge in [0.1, 0.15) is 6.33 Å². The second-order valence-corrected chi connectivity index (χ2v) is 2.19. The highest BCUT2D eigenvalue weighted by atomic mass is 16.4. The van der Waals surface area contributed by atoms with Crippen molar-refractivity contribution >= 4 is 5.97 Å². The maximum atomic E-state index is 10.4. The van der Waals surface area contributed by atoms with E-state index in [0.717, 1.165) is 0 Å². The first-order valence-electron chi connectivity index (χ1n) is 3.20. The molecule has 1 rings (SSSR count). The van der Waals surface area contributed by atoms with Crippen molar-refractivity contribution in [2.24, 2.45) is 0 Å². The molecule has 4 nitrogen and oxygen atoms in total. The highest BCUT2D eigenvalue weighted by Crippen LogP contribution is 2.09. The molecule has 0 saturated carbocycles. The summed E-state index contributed by atoms with van der Waals surface area (Å²) in [5.74, 6) is -1.43. The van der Waals surface area contributed by atoms with Crippen LogP contribution in [0, 0.1) is 0 Å². The second-order valence-electron chi connectivity index (χ2n) is 2.19. The molecule has 0 amide bonds. The predicted octanol–water partition coefficient (Wildman–Crippen LogP) is 0.665. The first-order chi connectivity index (χ1) is 5.22. The molecule has 0 fully saturated rings. The van der Waals surface area contributed by atoms with Gasteiger partial charge in [-0.3, -0.25) is 4.79 Å². The van der Waals surface area contributed by atoms with Crippen LogP contribution in [0.1, 0.15) is 18.5 Å². The Morgan fingerprint density at radius 2 is 2.45 bits per heavy atom. The van der Waals surface area contributed by atoms with Crippen molar-refractivity contribution in [2.75, 3.05) is 0 Å². The molecule has 0 aliphatic rings. The van der Waals surface area contributed by atoms with Gasteiger partial charge in [-0.15, -0.1) is 0 Å². The molecule has 0 aromatic carbocycles. The van der Waals surface area contributed by atoms with Gasteiger partial charge in [0, 0.05) is 6.20 Å². The van der Waals surface area contributed by atoms with Crippen LogP contribution in [0.5, 0.6) is 0 Å². The van der Waals surface area contributed by atoms with E-state index < -0.39 is 11.9 Å². The molecule has 1 aromatic rings. The van der Waals surface area contributed by atoms with Crippen LogP contribution in [-0.2, 0) is 4.79 Å². The van der Waals surface area contributed by atoms with Gasteiger partial charge < -0.3 is 5.11 Å². The second kappa shape index (κ2) is 3.09. The van der Waals surface area contributed by atoms with Crippen LogP contribution in [0.15, 0.2) is 18.6 Å². The number of nitrogens with zero attached hydrogens (tertiary/aromatic N) is 2. The van der Waals surface area contributed by atoms with Crippen molar-refractivity contribution < 1.29 is 9.90 Å². The lowest BCUT2D eigenvalue weighted by Crippen LogP contribution is -2.08. The summed E-state index contributed by atoms with van der Waals surface area (Å²) in [7, 11) is 0. The molecule has 4 heteroatoms. The van der Waals surface area contributed by atoms with Crippen LogP contribution in [0.4, 0.5) is 0 Å². The van der Waals surface area contributed by atoms with Crippen LogP contribution < -0.4 is 0 Å². The maximum absolute atomic E-state index is 10.4. The molecule has 0 spiro atoms. The fourth-order valence-corrected chi connectivity index (χ4v) is 0.684. The number of carbonyl (C=O) groups is 1. The molecule has 1 atom stereocenters. The van der Waals surface area contributed by atoms with E-state index in [0.29, 0.717) is 5.69 Å². The quantitative estimate of drug-likeness (QED) is 0.676. The number of aromatic nitrogens is 2. The van der Waals surface area contributed by atoms with E-state index in [2.05, 4.69) is 9.97 Å². The summed E-state index contributed by atoms with van der Waals surface area (Å²) in [4.78, 5) is 17.9. The lowest BCUT2D eigenvalue weighted by atomic mass is 10.1. The van der Waals surface area contributed by atoms with Gasteiger partial charge >= 0.3 is 5.97 Å². The highest BCUT2D eigenvalue weighted by Gasteiger charge is 2.13. The summed E-state index contributed by atoms with van der Waals surface area (Å²) in [5, 5.41) is 8.58. The van der Waals surface area contributed by atoms with Crippen molar-refractivity contribution in [3.63, 3.8) is 0 Å². The van der Waals surface area contributed by atoms with Gasteiger partial charge in [0.2, 0.25) is 0 Å². The van der Waals surface area contributed by atoms with E-state index in [-0.39, 0.29) is 0 Å². The Labute approximate surface area is 63.9 Å². The molecule has 1 heterocycles. The summed E-state index contributed by atoms with van der Waals surface area (Å²) in [6.07, 6.45) is 2.87. The molecule has 0 aliphatic heterocycles. The number of rotatable bonds is 2. The van der Waals surface area contributed by atoms with Crippen molar-refractivity contribution in [1.29, 1.82) is 0 Å². The van der Waals surface area contributed by atoms with E-state index in [1.807, 2.05) is 0 Å². The van der Waals surface area contributed by atoms with Gasteiger partial charge in [-0.1, -0.05) is 0 Å². The molecule has 0 bridgehead atoms. The van der Waals surface area contributed by atoms with Crippen LogP contribution in [0.25, 0.3) is 0 Å². The average Bonchev–Trinajstić information content (AvgIpc) is 2.05. The van der Waals surface area contributed by atoms with Crippen molar-refractivity contribution in [1.82, 2.24) is 9.97 Å². The molecular weight excluding hydrogens is 144 g/mol. The van der Waals surface area contributed by atoms with Gasteiger partial charge in [-0.05, 0) is 13.0 Å². The Morgan fingerprint density at radius 3 is 2.91 bits per heavy atom. The third-order valence-corrected chi connectivity index (χ3v) is 1.42. The summed E-state index contributed by atoms with van der Waals surface area (Å²) >= 11 is 0. The molecular formula is C7H8N2O2. The van der Waals surface area contributed by atoms with Crippen LogP contribution in [0.3, 0.4) is 0 Å². The zero-order valence-corrected chi connectivity index (χ0v) is 6.06. The molecule has 1 aromatic heterocycles. The smallest absolute Gasteiger partial charge is 0.312 e. The molecule has 1 unspecified atom stereocenters. The third-order valence-electron chi connectivity index (χ3n) is 1.42. The van der Waals surface area contributed by atoms with Gasteiger partial charge in [0.25, 0.3) is 0 Å². The number of hydrogen-bond acceptors (Lipinski definition) is 3. The van der Waals surface area contributed by atoms with Crippen LogP contribution in [0.2, 0.25) is 0 Å². The topological polar surface area (TPSA) is 63.1 Å². The fraction of sp³-hybridized carbons (Fsp3) is 0.286. The summed E-state index contributed by atoms with van der Waals surface area (Å²) in [6.45, 7) is 1.59. The summed E-state index contributed by atoms with van der Waals surface area (Å²) in [6, 6.07) is 1.60. The maximum Gasteiger partial charge on any atom is 0.312 e. The molecule has 11 heavy (non-hydrogen) atoms. The van der Waals surface area contributed by atoms with Gasteiger partial charge in [0.05, 0.1) is 11.6 Å². The van der Waals surface area contributed by atoms with Crippen LogP contribution in [-0.4, -0.2) is 21.0 Å². The van der Waals surface area contributed by atoms with Gasteiger partial charge in [0.15, 0.2) is 0 Å². The molecule has 0 radical (unpaired) electrons. The monoisotopic (exact) mass is 152 g/mol. The Balaban J connectivity index is 2.85. The fourth-order valence-electron chi connectivity index (χ4n) is 0.684. The third kappa shape index (κ3) is 1.73. The van der Waals surface area contributed by atoms with Crippen molar-refractivity contribution in [3.8, 4) is 0 Å². The Hall–Kier alpha value is -1.45. The Kier molecular flexibility index (Phi) is 2.15. The van der Waals surface area contributed by atoms with E-state index in [1.165, 1.54) is 12.5 Å². The molecule has 0 saturated heterocycles. The van der Waals surface area contributed by atoms with E-state index in [9.17, 15) is 4.79 Å². The van der Waals surface area contributed by atoms with Crippen LogP contribution >= 0.6 is 0 Å². The average molecular weight is 152 g/mol. The number of carboxylic acid groups (broad SMARTS) is 1. The minimum atomic E-state index is -0.872. The first kappa shape index (κ1) is 7.65. The van der Waals surface area contributed by atoms with Gasteiger partial charge in [-0.25, -0.2) is 9.97 Å². The van der Waals surface area contributed by atoms with E-state index in [4.69, 9.17) is 5.11 Å². The molecule has 0 aliphatic carbocycles. The lowest BCUT2D eigenvalue weighted by Gasteiger charge is -2.02. The number of aliphatic carboxylic acids is 1. The summed E-state index contributed by atoms with van der Waals surface area (Å²) < 4.78 is 0. The van der Waals surface area contributed by atoms with Crippen molar-refractivity contribution in [2.45, 2.75) is 12.8 Å². The largest absolute Gasteiger partial charge is 0.481 e. The molecule has 58 valence electrons. The predicted molar refractivity (Wildman–Crippen MR) is 38.1 cm³/mol. The Bertz CT molecular complexity index is 248. The highest BCUT2D eigenvalue weighted by molar-refractivity contribution is 5.74. The Morgan fingerprint density at radius 1 is 1.73 bits per heavy atom. The zero-order chi connectivity index (χ0) is 8.27. The first-order valence-corrected chi connectivity index (χ1v) is 3.20. The zero-order valence-electron chi connectivity index (χ0n) is 6.06. The number of carboxylic acids is 1. The minimum Gasteiger partial charge on any atom is -0.481 e. The summed E-state index contributed by atoms with van der Waals surface area (Å²) in [5.41, 5.74) is 0.535.